The Bertz CT molecular complexity index is 718. The van der Waals surface area contributed by atoms with Gasteiger partial charge in [-0.1, -0.05) is 23.7 Å². The number of carbonyl (C=O) groups excluding carboxylic acids is 1. The first-order valence-electron chi connectivity index (χ1n) is 6.99. The number of halogens is 1. The van der Waals surface area contributed by atoms with Crippen LogP contribution in [0.1, 0.15) is 10.5 Å². The van der Waals surface area contributed by atoms with Crippen LogP contribution in [-0.4, -0.2) is 47.2 Å². The summed E-state index contributed by atoms with van der Waals surface area (Å²) in [6, 6.07) is 10.4. The van der Waals surface area contributed by atoms with E-state index < -0.39 is 0 Å². The van der Waals surface area contributed by atoms with Crippen LogP contribution in [0.5, 0.6) is 0 Å². The summed E-state index contributed by atoms with van der Waals surface area (Å²) in [5.74, 6) is -0.171. The van der Waals surface area contributed by atoms with Crippen LogP contribution in [0.4, 0.5) is 5.69 Å². The number of aromatic nitrogens is 2. The largest absolute Gasteiger partial charge is 0.367 e. The monoisotopic (exact) mass is 318 g/mol. The van der Waals surface area contributed by atoms with Gasteiger partial charge in [0.1, 0.15) is 5.69 Å². The lowest BCUT2D eigenvalue weighted by atomic mass is 10.2. The van der Waals surface area contributed by atoms with E-state index in [0.717, 1.165) is 5.69 Å². The molecule has 0 spiro atoms. The summed E-state index contributed by atoms with van der Waals surface area (Å²) >= 11 is 6.20. The van der Waals surface area contributed by atoms with E-state index in [1.54, 1.807) is 4.90 Å². The van der Waals surface area contributed by atoms with Crippen LogP contribution in [0.3, 0.4) is 0 Å². The Hall–Kier alpha value is -2.34. The number of rotatable bonds is 2. The Morgan fingerprint density at radius 1 is 1.09 bits per heavy atom. The molecular weight excluding hydrogens is 304 g/mol. The molecule has 2 aromatic rings. The van der Waals surface area contributed by atoms with Crippen molar-refractivity contribution in [2.45, 2.75) is 0 Å². The molecule has 1 aromatic heterocycles. The summed E-state index contributed by atoms with van der Waals surface area (Å²) in [7, 11) is 0. The molecule has 1 aliphatic rings. The molecule has 6 nitrogen and oxygen atoms in total. The third-order valence-electron chi connectivity index (χ3n) is 3.66. The van der Waals surface area contributed by atoms with Crippen LogP contribution in [-0.2, 0) is 0 Å². The van der Waals surface area contributed by atoms with Crippen molar-refractivity contribution < 1.29 is 4.79 Å². The molecule has 0 atom stereocenters. The first-order valence-corrected chi connectivity index (χ1v) is 7.37. The van der Waals surface area contributed by atoms with Crippen molar-refractivity contribution in [1.82, 2.24) is 15.1 Å². The van der Waals surface area contributed by atoms with Crippen molar-refractivity contribution in [3.8, 4) is 0 Å². The summed E-state index contributed by atoms with van der Waals surface area (Å²) in [5.41, 5.74) is 0.921. The first kappa shape index (κ1) is 14.6. The van der Waals surface area contributed by atoms with Gasteiger partial charge in [-0.15, -0.1) is 0 Å². The molecule has 1 aromatic carbocycles. The fourth-order valence-electron chi connectivity index (χ4n) is 2.48. The lowest BCUT2D eigenvalue weighted by molar-refractivity contribution is 0.0739. The summed E-state index contributed by atoms with van der Waals surface area (Å²) < 4.78 is 0. The van der Waals surface area contributed by atoms with E-state index in [9.17, 15) is 9.59 Å². The maximum absolute atomic E-state index is 12.3. The highest BCUT2D eigenvalue weighted by Crippen LogP contribution is 2.26. The average Bonchev–Trinajstić information content (AvgIpc) is 2.56. The molecule has 1 N–H and O–H groups in total. The number of nitrogens with zero attached hydrogens (tertiary/aromatic N) is 3. The highest BCUT2D eigenvalue weighted by Gasteiger charge is 2.23. The van der Waals surface area contributed by atoms with Gasteiger partial charge in [0, 0.05) is 32.2 Å². The zero-order valence-corrected chi connectivity index (χ0v) is 12.6. The molecule has 1 aliphatic heterocycles. The topological polar surface area (TPSA) is 69.3 Å². The van der Waals surface area contributed by atoms with Crippen LogP contribution < -0.4 is 10.5 Å². The SMILES string of the molecule is O=C(c1ccc(=O)[nH]n1)N1CCN(c2ccccc2Cl)CC1. The smallest absolute Gasteiger partial charge is 0.274 e. The first-order chi connectivity index (χ1) is 10.6. The molecule has 0 bridgehead atoms. The highest BCUT2D eigenvalue weighted by molar-refractivity contribution is 6.33. The van der Waals surface area contributed by atoms with Gasteiger partial charge in [0.2, 0.25) is 0 Å². The number of carbonyl (C=O) groups is 1. The van der Waals surface area contributed by atoms with Crippen LogP contribution in [0.2, 0.25) is 5.02 Å². The number of para-hydroxylation sites is 1. The van der Waals surface area contributed by atoms with E-state index in [2.05, 4.69) is 15.1 Å². The molecule has 0 radical (unpaired) electrons. The van der Waals surface area contributed by atoms with Crippen molar-refractivity contribution >= 4 is 23.2 Å². The van der Waals surface area contributed by atoms with E-state index in [1.807, 2.05) is 24.3 Å². The molecule has 0 saturated carbocycles. The Kier molecular flexibility index (Phi) is 4.11. The Labute approximate surface area is 132 Å². The average molecular weight is 319 g/mol. The Morgan fingerprint density at radius 2 is 1.82 bits per heavy atom. The van der Waals surface area contributed by atoms with E-state index >= 15 is 0 Å². The second kappa shape index (κ2) is 6.19. The van der Waals surface area contributed by atoms with Crippen LogP contribution in [0.15, 0.2) is 41.2 Å². The third-order valence-corrected chi connectivity index (χ3v) is 3.98. The number of piperazine rings is 1. The van der Waals surface area contributed by atoms with Crippen LogP contribution in [0, 0.1) is 0 Å². The van der Waals surface area contributed by atoms with E-state index in [-0.39, 0.29) is 17.2 Å². The van der Waals surface area contributed by atoms with Crippen LogP contribution in [0.25, 0.3) is 0 Å². The minimum Gasteiger partial charge on any atom is -0.367 e. The second-order valence-corrected chi connectivity index (χ2v) is 5.44. The van der Waals surface area contributed by atoms with Crippen molar-refractivity contribution in [3.05, 3.63) is 57.5 Å². The minimum absolute atomic E-state index is 0.171. The Morgan fingerprint density at radius 3 is 2.45 bits per heavy atom. The number of benzene rings is 1. The van der Waals surface area contributed by atoms with E-state index in [0.29, 0.717) is 31.2 Å². The lowest BCUT2D eigenvalue weighted by Crippen LogP contribution is -2.49. The van der Waals surface area contributed by atoms with Gasteiger partial charge in [-0.25, -0.2) is 5.10 Å². The van der Waals surface area contributed by atoms with Gasteiger partial charge in [0.25, 0.3) is 11.5 Å². The van der Waals surface area contributed by atoms with Gasteiger partial charge in [0.05, 0.1) is 10.7 Å². The number of nitrogens with one attached hydrogen (secondary N) is 1. The minimum atomic E-state index is -0.319. The lowest BCUT2D eigenvalue weighted by Gasteiger charge is -2.36. The second-order valence-electron chi connectivity index (χ2n) is 5.04. The third kappa shape index (κ3) is 2.96. The highest BCUT2D eigenvalue weighted by atomic mass is 35.5. The van der Waals surface area contributed by atoms with Gasteiger partial charge in [-0.3, -0.25) is 9.59 Å². The molecule has 114 valence electrons. The summed E-state index contributed by atoms with van der Waals surface area (Å²) in [6.45, 7) is 2.59. The molecule has 1 amide bonds. The van der Waals surface area contributed by atoms with Gasteiger partial charge in [-0.05, 0) is 18.2 Å². The zero-order chi connectivity index (χ0) is 15.5. The number of hydrogen-bond donors (Lipinski definition) is 1. The number of anilines is 1. The molecule has 22 heavy (non-hydrogen) atoms. The summed E-state index contributed by atoms with van der Waals surface area (Å²) in [6.07, 6.45) is 0. The number of hydrogen-bond acceptors (Lipinski definition) is 4. The van der Waals surface area contributed by atoms with Crippen molar-refractivity contribution in [2.75, 3.05) is 31.1 Å². The molecule has 7 heteroatoms. The molecule has 3 rings (SSSR count). The predicted octanol–water partition coefficient (Wildman–Crippen LogP) is 1.39. The number of H-pyrrole nitrogens is 1. The number of aromatic amines is 1. The fraction of sp³-hybridized carbons (Fsp3) is 0.267. The standard InChI is InChI=1S/C15H15ClN4O2/c16-11-3-1-2-4-13(11)19-7-9-20(10-8-19)15(22)12-5-6-14(21)18-17-12/h1-6H,7-10H2,(H,18,21). The molecular formula is C15H15ClN4O2. The van der Waals surface area contributed by atoms with Crippen molar-refractivity contribution in [1.29, 1.82) is 0 Å². The molecule has 1 saturated heterocycles. The normalized spacial score (nSPS) is 15.0. The van der Waals surface area contributed by atoms with E-state index in [4.69, 9.17) is 11.6 Å². The maximum Gasteiger partial charge on any atom is 0.274 e. The predicted molar refractivity (Wildman–Crippen MR) is 84.4 cm³/mol. The molecule has 2 heterocycles. The van der Waals surface area contributed by atoms with Gasteiger partial charge >= 0.3 is 0 Å². The molecule has 0 unspecified atom stereocenters. The summed E-state index contributed by atoms with van der Waals surface area (Å²) in [4.78, 5) is 27.2. The van der Waals surface area contributed by atoms with Gasteiger partial charge in [0.15, 0.2) is 0 Å². The van der Waals surface area contributed by atoms with E-state index in [1.165, 1.54) is 12.1 Å². The summed E-state index contributed by atoms with van der Waals surface area (Å²) in [5, 5.41) is 6.77. The van der Waals surface area contributed by atoms with Crippen molar-refractivity contribution in [3.63, 3.8) is 0 Å². The zero-order valence-electron chi connectivity index (χ0n) is 11.8. The number of amides is 1. The maximum atomic E-state index is 12.3. The fourth-order valence-corrected chi connectivity index (χ4v) is 2.74. The quantitative estimate of drug-likeness (QED) is 0.908. The molecule has 1 fully saturated rings. The van der Waals surface area contributed by atoms with Crippen molar-refractivity contribution in [2.24, 2.45) is 0 Å². The van der Waals surface area contributed by atoms with Gasteiger partial charge < -0.3 is 9.80 Å². The Balaban J connectivity index is 1.67. The van der Waals surface area contributed by atoms with Gasteiger partial charge in [-0.2, -0.15) is 5.10 Å². The van der Waals surface area contributed by atoms with Crippen LogP contribution >= 0.6 is 11.6 Å². The molecule has 0 aliphatic carbocycles.